The average molecular weight is 131 g/mol. The smallest absolute Gasteiger partial charge is 0.162 e. The van der Waals surface area contributed by atoms with Crippen molar-refractivity contribution in [2.75, 3.05) is 0 Å². The lowest BCUT2D eigenvalue weighted by Crippen LogP contribution is -2.26. The fourth-order valence-corrected chi connectivity index (χ4v) is 0.585. The molecule has 0 rings (SSSR count). The normalized spacial score (nSPS) is 12.0. The molecule has 0 fully saturated rings. The van der Waals surface area contributed by atoms with Crippen molar-refractivity contribution < 1.29 is 10.2 Å². The highest BCUT2D eigenvalue weighted by Gasteiger charge is 2.17. The third kappa shape index (κ3) is 4.43. The van der Waals surface area contributed by atoms with Crippen molar-refractivity contribution in [3.63, 3.8) is 0 Å². The Labute approximate surface area is 56.5 Å². The summed E-state index contributed by atoms with van der Waals surface area (Å²) in [5.41, 5.74) is 0. The Balaban J connectivity index is 3.33. The Morgan fingerprint density at radius 1 is 1.44 bits per heavy atom. The number of hydrogen-bond donors (Lipinski definition) is 2. The van der Waals surface area contributed by atoms with Gasteiger partial charge in [0.1, 0.15) is 0 Å². The number of unbranched alkanes of at least 4 members (excludes halogenated alkanes) is 1. The molecule has 0 bridgehead atoms. The van der Waals surface area contributed by atoms with Crippen LogP contribution < -0.4 is 0 Å². The van der Waals surface area contributed by atoms with Gasteiger partial charge in [-0.2, -0.15) is 0 Å². The molecule has 55 valence electrons. The third-order valence-corrected chi connectivity index (χ3v) is 1.33. The van der Waals surface area contributed by atoms with Crippen LogP contribution in [0.1, 0.15) is 32.6 Å². The van der Waals surface area contributed by atoms with Crippen molar-refractivity contribution in [2.45, 2.75) is 38.4 Å². The highest BCUT2D eigenvalue weighted by molar-refractivity contribution is 4.64. The van der Waals surface area contributed by atoms with E-state index in [-0.39, 0.29) is 6.42 Å². The Morgan fingerprint density at radius 3 is 2.33 bits per heavy atom. The predicted octanol–water partition coefficient (Wildman–Crippen LogP) is 1.08. The quantitative estimate of drug-likeness (QED) is 0.560. The maximum absolute atomic E-state index is 8.95. The summed E-state index contributed by atoms with van der Waals surface area (Å²) in [4.78, 5) is 0. The zero-order valence-electron chi connectivity index (χ0n) is 5.93. The third-order valence-electron chi connectivity index (χ3n) is 1.33. The molecule has 1 radical (unpaired) electrons. The molecule has 0 aliphatic carbocycles. The Kier molecular flexibility index (Phi) is 3.82. The average Bonchev–Trinajstić information content (AvgIpc) is 1.84. The van der Waals surface area contributed by atoms with E-state index < -0.39 is 5.79 Å². The lowest BCUT2D eigenvalue weighted by molar-refractivity contribution is -0.163. The summed E-state index contributed by atoms with van der Waals surface area (Å²) in [6.45, 7) is 5.42. The fraction of sp³-hybridized carbons (Fsp3) is 0.857. The molecule has 0 spiro atoms. The van der Waals surface area contributed by atoms with Crippen molar-refractivity contribution in [3.8, 4) is 0 Å². The van der Waals surface area contributed by atoms with Gasteiger partial charge in [0.05, 0.1) is 0 Å². The van der Waals surface area contributed by atoms with E-state index in [0.29, 0.717) is 6.42 Å². The van der Waals surface area contributed by atoms with E-state index in [0.717, 1.165) is 12.8 Å². The largest absolute Gasteiger partial charge is 0.366 e. The molecular formula is C7H15O2. The van der Waals surface area contributed by atoms with Gasteiger partial charge < -0.3 is 10.2 Å². The zero-order valence-corrected chi connectivity index (χ0v) is 5.93. The van der Waals surface area contributed by atoms with Gasteiger partial charge in [0.25, 0.3) is 0 Å². The molecule has 0 aromatic carbocycles. The molecule has 0 saturated heterocycles. The topological polar surface area (TPSA) is 40.5 Å². The van der Waals surface area contributed by atoms with Crippen LogP contribution in [0.3, 0.4) is 0 Å². The van der Waals surface area contributed by atoms with Gasteiger partial charge in [0, 0.05) is 12.8 Å². The first-order chi connectivity index (χ1) is 4.12. The summed E-state index contributed by atoms with van der Waals surface area (Å²) >= 11 is 0. The summed E-state index contributed by atoms with van der Waals surface area (Å²) in [6, 6.07) is 0. The molecule has 0 amide bonds. The second-order valence-corrected chi connectivity index (χ2v) is 2.34. The van der Waals surface area contributed by atoms with Gasteiger partial charge in [-0.25, -0.2) is 0 Å². The van der Waals surface area contributed by atoms with E-state index in [4.69, 9.17) is 10.2 Å². The van der Waals surface area contributed by atoms with E-state index in [1.807, 2.05) is 6.92 Å². The summed E-state index contributed by atoms with van der Waals surface area (Å²) in [7, 11) is 0. The van der Waals surface area contributed by atoms with Crippen LogP contribution in [0.2, 0.25) is 0 Å². The first-order valence-electron chi connectivity index (χ1n) is 3.36. The van der Waals surface area contributed by atoms with Gasteiger partial charge in [0.2, 0.25) is 0 Å². The fourth-order valence-electron chi connectivity index (χ4n) is 0.585. The standard InChI is InChI=1S/C7H15O2/c1-3-5-6-7(8,9)4-2/h8-9H,2-6H2,1H3. The second kappa shape index (κ2) is 3.85. The van der Waals surface area contributed by atoms with Crippen LogP contribution in [0.15, 0.2) is 0 Å². The van der Waals surface area contributed by atoms with Gasteiger partial charge in [-0.05, 0) is 13.3 Å². The first kappa shape index (κ1) is 8.92. The van der Waals surface area contributed by atoms with Crippen LogP contribution >= 0.6 is 0 Å². The van der Waals surface area contributed by atoms with Crippen molar-refractivity contribution >= 4 is 0 Å². The Morgan fingerprint density at radius 2 is 2.00 bits per heavy atom. The van der Waals surface area contributed by atoms with Crippen molar-refractivity contribution in [3.05, 3.63) is 6.92 Å². The maximum atomic E-state index is 8.95. The maximum Gasteiger partial charge on any atom is 0.162 e. The van der Waals surface area contributed by atoms with Crippen LogP contribution in [0.25, 0.3) is 0 Å². The van der Waals surface area contributed by atoms with Gasteiger partial charge in [0.15, 0.2) is 5.79 Å². The molecule has 2 N–H and O–H groups in total. The van der Waals surface area contributed by atoms with Crippen LogP contribution in [-0.2, 0) is 0 Å². The first-order valence-corrected chi connectivity index (χ1v) is 3.36. The highest BCUT2D eigenvalue weighted by atomic mass is 16.5. The molecule has 0 atom stereocenters. The van der Waals surface area contributed by atoms with Gasteiger partial charge in [-0.1, -0.05) is 13.3 Å². The van der Waals surface area contributed by atoms with Gasteiger partial charge >= 0.3 is 0 Å². The Bertz CT molecular complexity index is 69.3. The molecule has 2 heteroatoms. The molecule has 0 unspecified atom stereocenters. The minimum absolute atomic E-state index is 0.174. The minimum Gasteiger partial charge on any atom is -0.366 e. The van der Waals surface area contributed by atoms with Crippen LogP contribution in [-0.4, -0.2) is 16.0 Å². The summed E-state index contributed by atoms with van der Waals surface area (Å²) < 4.78 is 0. The number of aliphatic hydroxyl groups is 2. The zero-order chi connectivity index (χ0) is 7.33. The van der Waals surface area contributed by atoms with Crippen molar-refractivity contribution in [2.24, 2.45) is 0 Å². The minimum atomic E-state index is -1.52. The Hall–Kier alpha value is -0.0800. The van der Waals surface area contributed by atoms with E-state index in [1.54, 1.807) is 0 Å². The highest BCUT2D eigenvalue weighted by Crippen LogP contribution is 2.13. The SMILES string of the molecule is [CH2]CC(O)(O)CCCC. The molecule has 0 saturated carbocycles. The molecule has 0 aromatic rings. The molecule has 2 nitrogen and oxygen atoms in total. The second-order valence-electron chi connectivity index (χ2n) is 2.34. The van der Waals surface area contributed by atoms with Crippen LogP contribution in [0.5, 0.6) is 0 Å². The van der Waals surface area contributed by atoms with E-state index in [9.17, 15) is 0 Å². The molecule has 9 heavy (non-hydrogen) atoms. The molecular weight excluding hydrogens is 116 g/mol. The van der Waals surface area contributed by atoms with Crippen LogP contribution in [0.4, 0.5) is 0 Å². The van der Waals surface area contributed by atoms with E-state index >= 15 is 0 Å². The molecule has 0 aliphatic rings. The van der Waals surface area contributed by atoms with E-state index in [1.165, 1.54) is 0 Å². The lowest BCUT2D eigenvalue weighted by Gasteiger charge is -2.18. The summed E-state index contributed by atoms with van der Waals surface area (Å²) in [5.74, 6) is -1.52. The predicted molar refractivity (Wildman–Crippen MR) is 36.7 cm³/mol. The van der Waals surface area contributed by atoms with Gasteiger partial charge in [-0.15, -0.1) is 0 Å². The molecule has 0 aromatic heterocycles. The van der Waals surface area contributed by atoms with Gasteiger partial charge in [-0.3, -0.25) is 0 Å². The molecule has 0 aliphatic heterocycles. The lowest BCUT2D eigenvalue weighted by atomic mass is 10.1. The number of rotatable bonds is 4. The van der Waals surface area contributed by atoms with Crippen LogP contribution in [0, 0.1) is 6.92 Å². The molecule has 0 heterocycles. The summed E-state index contributed by atoms with van der Waals surface area (Å²) in [5, 5.41) is 17.9. The summed E-state index contributed by atoms with van der Waals surface area (Å²) in [6.07, 6.45) is 2.45. The van der Waals surface area contributed by atoms with Crippen molar-refractivity contribution in [1.29, 1.82) is 0 Å². The van der Waals surface area contributed by atoms with Crippen molar-refractivity contribution in [1.82, 2.24) is 0 Å². The van der Waals surface area contributed by atoms with E-state index in [2.05, 4.69) is 6.92 Å². The monoisotopic (exact) mass is 131 g/mol. The number of hydrogen-bond acceptors (Lipinski definition) is 2.